The van der Waals surface area contributed by atoms with Crippen LogP contribution < -0.4 is 5.32 Å². The smallest absolute Gasteiger partial charge is 0.244 e. The van der Waals surface area contributed by atoms with Crippen molar-refractivity contribution in [3.63, 3.8) is 0 Å². The number of nitrogens with one attached hydrogen (secondary N) is 1. The van der Waals surface area contributed by atoms with Gasteiger partial charge in [-0.1, -0.05) is 24.3 Å². The van der Waals surface area contributed by atoms with Gasteiger partial charge in [0.1, 0.15) is 5.82 Å². The highest BCUT2D eigenvalue weighted by molar-refractivity contribution is 5.91. The highest BCUT2D eigenvalue weighted by Crippen LogP contribution is 2.12. The van der Waals surface area contributed by atoms with Crippen LogP contribution in [0, 0.1) is 5.82 Å². The number of benzene rings is 2. The van der Waals surface area contributed by atoms with Crippen molar-refractivity contribution in [2.24, 2.45) is 0 Å². The number of aromatic nitrogens is 2. The van der Waals surface area contributed by atoms with Gasteiger partial charge in [0.25, 0.3) is 0 Å². The highest BCUT2D eigenvalue weighted by atomic mass is 19.1. The molecule has 2 aromatic carbocycles. The molecule has 0 fully saturated rings. The molecule has 1 heterocycles. The van der Waals surface area contributed by atoms with Gasteiger partial charge in [-0.2, -0.15) is 0 Å². The monoisotopic (exact) mass is 337 g/mol. The lowest BCUT2D eigenvalue weighted by atomic mass is 10.1. The maximum absolute atomic E-state index is 12.9. The molecule has 0 aliphatic rings. The summed E-state index contributed by atoms with van der Waals surface area (Å²) >= 11 is 0. The molecule has 1 atom stereocenters. The Labute approximate surface area is 143 Å². The first-order valence-electron chi connectivity index (χ1n) is 7.73. The molecule has 5 nitrogen and oxygen atoms in total. The molecule has 1 unspecified atom stereocenters. The van der Waals surface area contributed by atoms with E-state index in [-0.39, 0.29) is 18.3 Å². The van der Waals surface area contributed by atoms with E-state index in [4.69, 9.17) is 0 Å². The van der Waals surface area contributed by atoms with Crippen molar-refractivity contribution in [1.82, 2.24) is 15.3 Å². The molecule has 6 heteroatoms. The highest BCUT2D eigenvalue weighted by Gasteiger charge is 2.08. The number of hydrogen-bond acceptors (Lipinski definition) is 4. The lowest BCUT2D eigenvalue weighted by Crippen LogP contribution is -2.26. The summed E-state index contributed by atoms with van der Waals surface area (Å²) < 4.78 is 12.9. The molecule has 0 saturated carbocycles. The fraction of sp³-hybridized carbons (Fsp3) is 0.105. The molecule has 0 aliphatic heterocycles. The van der Waals surface area contributed by atoms with Gasteiger partial charge in [-0.25, -0.2) is 9.37 Å². The number of rotatable bonds is 5. The van der Waals surface area contributed by atoms with Crippen LogP contribution in [-0.4, -0.2) is 27.5 Å². The van der Waals surface area contributed by atoms with Crippen molar-refractivity contribution in [3.05, 3.63) is 77.9 Å². The van der Waals surface area contributed by atoms with E-state index in [2.05, 4.69) is 15.3 Å². The third-order valence-electron chi connectivity index (χ3n) is 3.60. The Morgan fingerprint density at radius 1 is 1.16 bits per heavy atom. The van der Waals surface area contributed by atoms with E-state index < -0.39 is 6.10 Å². The van der Waals surface area contributed by atoms with Gasteiger partial charge in [0, 0.05) is 12.6 Å². The number of aliphatic hydroxyl groups excluding tert-OH is 1. The number of nitrogens with zero attached hydrogens (tertiary/aromatic N) is 2. The SMILES string of the molecule is O=C(/C=C/c1cnc2ccccc2n1)NCC(O)c1ccc(F)cc1. The summed E-state index contributed by atoms with van der Waals surface area (Å²) in [5.41, 5.74) is 2.63. The van der Waals surface area contributed by atoms with Crippen LogP contribution in [0.1, 0.15) is 17.4 Å². The molecular formula is C19H16FN3O2. The fourth-order valence-electron chi connectivity index (χ4n) is 2.27. The van der Waals surface area contributed by atoms with E-state index in [9.17, 15) is 14.3 Å². The first-order valence-corrected chi connectivity index (χ1v) is 7.73. The molecule has 1 amide bonds. The molecule has 2 N–H and O–H groups in total. The number of amides is 1. The standard InChI is InChI=1S/C19H16FN3O2/c20-14-7-5-13(6-8-14)18(24)12-22-19(25)10-9-15-11-21-16-3-1-2-4-17(16)23-15/h1-11,18,24H,12H2,(H,22,25)/b10-9+. The number of hydrogen-bond donors (Lipinski definition) is 2. The molecule has 3 rings (SSSR count). The minimum Gasteiger partial charge on any atom is -0.387 e. The Bertz CT molecular complexity index is 910. The number of aliphatic hydroxyl groups is 1. The Hall–Kier alpha value is -3.12. The fourth-order valence-corrected chi connectivity index (χ4v) is 2.27. The summed E-state index contributed by atoms with van der Waals surface area (Å²) in [7, 11) is 0. The minimum atomic E-state index is -0.904. The van der Waals surface area contributed by atoms with Crippen LogP contribution in [0.25, 0.3) is 17.1 Å². The predicted molar refractivity (Wildman–Crippen MR) is 92.9 cm³/mol. The molecule has 0 radical (unpaired) electrons. The summed E-state index contributed by atoms with van der Waals surface area (Å²) in [4.78, 5) is 20.5. The van der Waals surface area contributed by atoms with Crippen LogP contribution in [0.15, 0.2) is 60.8 Å². The summed E-state index contributed by atoms with van der Waals surface area (Å²) in [6.07, 6.45) is 3.56. The first kappa shape index (κ1) is 16.7. The molecule has 0 spiro atoms. The Balaban J connectivity index is 1.57. The quantitative estimate of drug-likeness (QED) is 0.702. The van der Waals surface area contributed by atoms with Crippen LogP contribution in [-0.2, 0) is 4.79 Å². The van der Waals surface area contributed by atoms with Crippen molar-refractivity contribution in [2.45, 2.75) is 6.10 Å². The average Bonchev–Trinajstić information content (AvgIpc) is 2.65. The van der Waals surface area contributed by atoms with Crippen LogP contribution in [0.3, 0.4) is 0 Å². The Morgan fingerprint density at radius 2 is 1.88 bits per heavy atom. The van der Waals surface area contributed by atoms with Gasteiger partial charge in [-0.05, 0) is 35.9 Å². The van der Waals surface area contributed by atoms with Gasteiger partial charge >= 0.3 is 0 Å². The van der Waals surface area contributed by atoms with Crippen LogP contribution in [0.5, 0.6) is 0 Å². The summed E-state index contributed by atoms with van der Waals surface area (Å²) in [5.74, 6) is -0.740. The van der Waals surface area contributed by atoms with Gasteiger partial charge < -0.3 is 10.4 Å². The molecule has 0 saturated heterocycles. The van der Waals surface area contributed by atoms with Gasteiger partial charge in [0.2, 0.25) is 5.91 Å². The molecule has 0 bridgehead atoms. The molecule has 3 aromatic rings. The maximum atomic E-state index is 12.9. The van der Waals surface area contributed by atoms with E-state index in [0.717, 1.165) is 11.0 Å². The van der Waals surface area contributed by atoms with Crippen molar-refractivity contribution >= 4 is 23.0 Å². The lowest BCUT2D eigenvalue weighted by molar-refractivity contribution is -0.116. The second kappa shape index (κ2) is 7.63. The minimum absolute atomic E-state index is 0.0260. The van der Waals surface area contributed by atoms with E-state index in [1.807, 2.05) is 24.3 Å². The summed E-state index contributed by atoms with van der Waals surface area (Å²) in [5, 5.41) is 12.6. The predicted octanol–water partition coefficient (Wildman–Crippen LogP) is 2.63. The zero-order valence-electron chi connectivity index (χ0n) is 13.3. The van der Waals surface area contributed by atoms with Crippen molar-refractivity contribution < 1.29 is 14.3 Å². The Kier molecular flexibility index (Phi) is 5.11. The van der Waals surface area contributed by atoms with Gasteiger partial charge in [0.05, 0.1) is 29.0 Å². The second-order valence-corrected chi connectivity index (χ2v) is 5.43. The Morgan fingerprint density at radius 3 is 2.64 bits per heavy atom. The third-order valence-corrected chi connectivity index (χ3v) is 3.60. The van der Waals surface area contributed by atoms with Crippen molar-refractivity contribution in [1.29, 1.82) is 0 Å². The average molecular weight is 337 g/mol. The first-order chi connectivity index (χ1) is 12.1. The maximum Gasteiger partial charge on any atom is 0.244 e. The van der Waals surface area contributed by atoms with Gasteiger partial charge in [0.15, 0.2) is 0 Å². The largest absolute Gasteiger partial charge is 0.387 e. The zero-order valence-corrected chi connectivity index (χ0v) is 13.3. The van der Waals surface area contributed by atoms with Crippen LogP contribution in [0.2, 0.25) is 0 Å². The normalized spacial score (nSPS) is 12.4. The van der Waals surface area contributed by atoms with E-state index in [0.29, 0.717) is 11.3 Å². The van der Waals surface area contributed by atoms with E-state index in [1.165, 1.54) is 30.3 Å². The van der Waals surface area contributed by atoms with Crippen LogP contribution >= 0.6 is 0 Å². The zero-order chi connectivity index (χ0) is 17.6. The van der Waals surface area contributed by atoms with Gasteiger partial charge in [-0.15, -0.1) is 0 Å². The summed E-state index contributed by atoms with van der Waals surface area (Å²) in [6.45, 7) is 0.0260. The molecule has 0 aliphatic carbocycles. The molecule has 126 valence electrons. The number of para-hydroxylation sites is 2. The van der Waals surface area contributed by atoms with Gasteiger partial charge in [-0.3, -0.25) is 9.78 Å². The summed E-state index contributed by atoms with van der Waals surface area (Å²) in [6, 6.07) is 12.9. The lowest BCUT2D eigenvalue weighted by Gasteiger charge is -2.11. The number of carbonyl (C=O) groups is 1. The number of halogens is 1. The topological polar surface area (TPSA) is 75.1 Å². The number of carbonyl (C=O) groups excluding carboxylic acids is 1. The molecule has 25 heavy (non-hydrogen) atoms. The second-order valence-electron chi connectivity index (χ2n) is 5.43. The number of fused-ring (bicyclic) bond motifs is 1. The van der Waals surface area contributed by atoms with E-state index in [1.54, 1.807) is 12.3 Å². The third kappa shape index (κ3) is 4.45. The van der Waals surface area contributed by atoms with E-state index >= 15 is 0 Å². The molecule has 1 aromatic heterocycles. The van der Waals surface area contributed by atoms with Crippen LogP contribution in [0.4, 0.5) is 4.39 Å². The van der Waals surface area contributed by atoms with Crippen molar-refractivity contribution in [2.75, 3.05) is 6.54 Å². The van der Waals surface area contributed by atoms with Crippen molar-refractivity contribution in [3.8, 4) is 0 Å². The molecular weight excluding hydrogens is 321 g/mol.